The van der Waals surface area contributed by atoms with Crippen LogP contribution in [0.5, 0.6) is 5.75 Å². The summed E-state index contributed by atoms with van der Waals surface area (Å²) in [6, 6.07) is 13.6. The lowest BCUT2D eigenvalue weighted by molar-refractivity contribution is -0.384. The van der Waals surface area contributed by atoms with E-state index < -0.39 is 4.92 Å². The molecule has 3 aromatic rings. The normalized spacial score (nSPS) is 14.8. The van der Waals surface area contributed by atoms with Gasteiger partial charge in [0, 0.05) is 0 Å². The van der Waals surface area contributed by atoms with Crippen LogP contribution in [-0.2, 0) is 4.79 Å². The molecule has 162 valence electrons. The molecule has 4 rings (SSSR count). The van der Waals surface area contributed by atoms with Gasteiger partial charge in [0.05, 0.1) is 40.6 Å². The highest BCUT2D eigenvalue weighted by molar-refractivity contribution is 6.32. The van der Waals surface area contributed by atoms with Crippen molar-refractivity contribution < 1.29 is 18.9 Å². The molecule has 0 saturated heterocycles. The molecule has 0 aliphatic carbocycles. The fraction of sp³-hybridized carbons (Fsp3) is 0.167. The molecular formula is C24H21N3O5. The van der Waals surface area contributed by atoms with Crippen LogP contribution in [0.25, 0.3) is 17.4 Å². The van der Waals surface area contributed by atoms with Crippen molar-refractivity contribution in [1.29, 1.82) is 0 Å². The van der Waals surface area contributed by atoms with Crippen LogP contribution in [0.15, 0.2) is 63.6 Å². The third-order valence-electron chi connectivity index (χ3n) is 5.38. The summed E-state index contributed by atoms with van der Waals surface area (Å²) < 4.78 is 10.9. The number of ether oxygens (including phenoxy) is 1. The molecule has 0 saturated carbocycles. The fourth-order valence-corrected chi connectivity index (χ4v) is 3.43. The first kappa shape index (κ1) is 21.0. The molecule has 1 amide bonds. The highest BCUT2D eigenvalue weighted by Gasteiger charge is 2.29. The number of aryl methyl sites for hydroxylation is 2. The first-order valence-electron chi connectivity index (χ1n) is 9.90. The van der Waals surface area contributed by atoms with E-state index in [9.17, 15) is 14.9 Å². The summed E-state index contributed by atoms with van der Waals surface area (Å²) in [6.07, 6.45) is 1.60. The van der Waals surface area contributed by atoms with Crippen LogP contribution in [0, 0.1) is 24.0 Å². The molecule has 0 N–H and O–H groups in total. The largest absolute Gasteiger partial charge is 0.497 e. The fourth-order valence-electron chi connectivity index (χ4n) is 3.43. The number of carbonyl (C=O) groups excluding carboxylic acids is 1. The summed E-state index contributed by atoms with van der Waals surface area (Å²) in [5.41, 5.74) is 4.03. The summed E-state index contributed by atoms with van der Waals surface area (Å²) in [5.74, 6) is 0.825. The van der Waals surface area contributed by atoms with Crippen molar-refractivity contribution in [3.05, 3.63) is 81.1 Å². The van der Waals surface area contributed by atoms with E-state index in [2.05, 4.69) is 5.10 Å². The van der Waals surface area contributed by atoms with Gasteiger partial charge >= 0.3 is 0 Å². The highest BCUT2D eigenvalue weighted by atomic mass is 16.6. The molecule has 2 aromatic carbocycles. The molecule has 0 atom stereocenters. The van der Waals surface area contributed by atoms with Crippen molar-refractivity contribution >= 4 is 29.1 Å². The maximum Gasteiger partial charge on any atom is 0.284 e. The van der Waals surface area contributed by atoms with Gasteiger partial charge in [-0.2, -0.15) is 10.1 Å². The third kappa shape index (κ3) is 3.78. The van der Waals surface area contributed by atoms with Crippen molar-refractivity contribution in [3.8, 4) is 17.1 Å². The first-order chi connectivity index (χ1) is 15.3. The van der Waals surface area contributed by atoms with Gasteiger partial charge in [-0.25, -0.2) is 0 Å². The van der Waals surface area contributed by atoms with Crippen molar-refractivity contribution in [3.63, 3.8) is 0 Å². The zero-order valence-electron chi connectivity index (χ0n) is 18.1. The number of rotatable bonds is 5. The molecule has 0 radical (unpaired) electrons. The Morgan fingerprint density at radius 1 is 1.06 bits per heavy atom. The van der Waals surface area contributed by atoms with Crippen molar-refractivity contribution in [2.75, 3.05) is 12.1 Å². The van der Waals surface area contributed by atoms with Crippen LogP contribution in [0.4, 0.5) is 11.4 Å². The lowest BCUT2D eigenvalue weighted by Crippen LogP contribution is -2.21. The number of nitrogens with zero attached hydrogens (tertiary/aromatic N) is 3. The predicted molar refractivity (Wildman–Crippen MR) is 122 cm³/mol. The van der Waals surface area contributed by atoms with Crippen molar-refractivity contribution in [2.45, 2.75) is 20.8 Å². The number of furan rings is 1. The molecule has 8 heteroatoms. The first-order valence-corrected chi connectivity index (χ1v) is 9.90. The lowest BCUT2D eigenvalue weighted by Gasteiger charge is -2.13. The second kappa shape index (κ2) is 8.14. The molecule has 8 nitrogen and oxygen atoms in total. The van der Waals surface area contributed by atoms with E-state index in [1.165, 1.54) is 18.2 Å². The molecule has 1 aliphatic rings. The number of anilines is 1. The van der Waals surface area contributed by atoms with E-state index in [1.807, 2.05) is 32.0 Å². The van der Waals surface area contributed by atoms with E-state index in [0.717, 1.165) is 11.1 Å². The zero-order valence-corrected chi connectivity index (χ0v) is 18.1. The van der Waals surface area contributed by atoms with Crippen LogP contribution in [0.3, 0.4) is 0 Å². The van der Waals surface area contributed by atoms with E-state index >= 15 is 0 Å². The molecule has 0 bridgehead atoms. The Balaban J connectivity index is 1.65. The van der Waals surface area contributed by atoms with Gasteiger partial charge < -0.3 is 9.15 Å². The minimum absolute atomic E-state index is 0.131. The van der Waals surface area contributed by atoms with Gasteiger partial charge in [0.2, 0.25) is 0 Å². The Labute approximate surface area is 184 Å². The van der Waals surface area contributed by atoms with Gasteiger partial charge in [-0.05, 0) is 74.4 Å². The smallest absolute Gasteiger partial charge is 0.284 e. The molecule has 0 fully saturated rings. The Bertz CT molecular complexity index is 1300. The topological polar surface area (TPSA) is 98.2 Å². The monoisotopic (exact) mass is 431 g/mol. The number of amides is 1. The number of nitro groups is 1. The standard InChI is InChI=1S/C24H21N3O5/c1-14-5-6-17(11-15(14)2)26-24(28)21(16(3)25-26)12-19-8-10-23(32-19)20-9-7-18(31-4)13-22(20)27(29)30/h5-13H,1-4H3/b21-12+. The molecule has 0 unspecified atom stereocenters. The molecule has 1 aromatic heterocycles. The van der Waals surface area contributed by atoms with E-state index in [1.54, 1.807) is 37.3 Å². The van der Waals surface area contributed by atoms with Crippen LogP contribution in [0.2, 0.25) is 0 Å². The average molecular weight is 431 g/mol. The summed E-state index contributed by atoms with van der Waals surface area (Å²) in [5, 5.41) is 17.2. The summed E-state index contributed by atoms with van der Waals surface area (Å²) >= 11 is 0. The van der Waals surface area contributed by atoms with Gasteiger partial charge in [0.25, 0.3) is 11.6 Å². The maximum atomic E-state index is 13.0. The summed E-state index contributed by atoms with van der Waals surface area (Å²) in [7, 11) is 1.44. The minimum atomic E-state index is -0.489. The van der Waals surface area contributed by atoms with E-state index in [0.29, 0.717) is 39.8 Å². The summed E-state index contributed by atoms with van der Waals surface area (Å²) in [4.78, 5) is 24.0. The number of nitro benzene ring substituents is 1. The van der Waals surface area contributed by atoms with Crippen LogP contribution >= 0.6 is 0 Å². The van der Waals surface area contributed by atoms with Crippen LogP contribution < -0.4 is 9.75 Å². The van der Waals surface area contributed by atoms with Gasteiger partial charge in [-0.1, -0.05) is 6.07 Å². The van der Waals surface area contributed by atoms with E-state index in [-0.39, 0.29) is 11.6 Å². The van der Waals surface area contributed by atoms with Gasteiger partial charge in [-0.3, -0.25) is 14.9 Å². The zero-order chi connectivity index (χ0) is 23.0. The van der Waals surface area contributed by atoms with Crippen LogP contribution in [0.1, 0.15) is 23.8 Å². The van der Waals surface area contributed by atoms with Gasteiger partial charge in [0.1, 0.15) is 17.3 Å². The Hall–Kier alpha value is -4.20. The number of hydrogen-bond donors (Lipinski definition) is 0. The summed E-state index contributed by atoms with van der Waals surface area (Å²) in [6.45, 7) is 5.74. The Morgan fingerprint density at radius 2 is 1.84 bits per heavy atom. The van der Waals surface area contributed by atoms with Crippen molar-refractivity contribution in [1.82, 2.24) is 0 Å². The number of benzene rings is 2. The SMILES string of the molecule is COc1ccc(-c2ccc(/C=C3/C(=O)N(c4ccc(C)c(C)c4)N=C3C)o2)c([N+](=O)[O-])c1. The lowest BCUT2D eigenvalue weighted by atomic mass is 10.1. The average Bonchev–Trinajstić information content (AvgIpc) is 3.35. The Kier molecular flexibility index (Phi) is 5.36. The third-order valence-corrected chi connectivity index (χ3v) is 5.38. The molecule has 32 heavy (non-hydrogen) atoms. The van der Waals surface area contributed by atoms with Gasteiger partial charge in [0.15, 0.2) is 0 Å². The number of methoxy groups -OCH3 is 1. The van der Waals surface area contributed by atoms with Crippen LogP contribution in [-0.4, -0.2) is 23.7 Å². The molecule has 2 heterocycles. The second-order valence-electron chi connectivity index (χ2n) is 7.47. The number of hydrogen-bond acceptors (Lipinski definition) is 6. The maximum absolute atomic E-state index is 13.0. The minimum Gasteiger partial charge on any atom is -0.497 e. The predicted octanol–water partition coefficient (Wildman–Crippen LogP) is 5.29. The highest BCUT2D eigenvalue weighted by Crippen LogP contribution is 2.35. The quantitative estimate of drug-likeness (QED) is 0.311. The second-order valence-corrected chi connectivity index (χ2v) is 7.47. The number of hydrazone groups is 1. The Morgan fingerprint density at radius 3 is 2.53 bits per heavy atom. The molecule has 0 spiro atoms. The van der Waals surface area contributed by atoms with Gasteiger partial charge in [-0.15, -0.1) is 0 Å². The molecular weight excluding hydrogens is 410 g/mol. The number of carbonyl (C=O) groups is 1. The molecule has 1 aliphatic heterocycles. The van der Waals surface area contributed by atoms with E-state index in [4.69, 9.17) is 9.15 Å². The van der Waals surface area contributed by atoms with Crippen molar-refractivity contribution in [2.24, 2.45) is 5.10 Å².